The normalized spacial score (nSPS) is 12.1. The van der Waals surface area contributed by atoms with Crippen molar-refractivity contribution in [3.8, 4) is 17.2 Å². The van der Waals surface area contributed by atoms with Crippen LogP contribution in [-0.4, -0.2) is 16.0 Å². The van der Waals surface area contributed by atoms with Gasteiger partial charge in [-0.25, -0.2) is 5.21 Å². The molecule has 4 rings (SSSR count). The summed E-state index contributed by atoms with van der Waals surface area (Å²) in [4.78, 5) is 23.9. The lowest BCUT2D eigenvalue weighted by Crippen LogP contribution is -2.13. The number of fused-ring (bicyclic) bond motifs is 2. The van der Waals surface area contributed by atoms with E-state index < -0.39 is 5.91 Å². The van der Waals surface area contributed by atoms with Gasteiger partial charge in [0.2, 0.25) is 0 Å². The summed E-state index contributed by atoms with van der Waals surface area (Å²) in [5, 5.41) is 12.1. The minimum Gasteiger partial charge on any atom is -0.488 e. The largest absolute Gasteiger partial charge is 0.488 e. The first-order valence-corrected chi connectivity index (χ1v) is 8.21. The van der Waals surface area contributed by atoms with Crippen LogP contribution < -0.4 is 14.8 Å². The third-order valence-electron chi connectivity index (χ3n) is 4.09. The first kappa shape index (κ1) is 16.6. The minimum absolute atomic E-state index is 0.107. The summed E-state index contributed by atoms with van der Waals surface area (Å²) in [6.45, 7) is 0.182. The number of hydrogen-bond donors (Lipinski definition) is 2. The Balaban J connectivity index is 1.77. The summed E-state index contributed by atoms with van der Waals surface area (Å²) in [5.41, 5.74) is 1.42. The van der Waals surface area contributed by atoms with Crippen LogP contribution in [0.1, 0.15) is 15.9 Å². The molecule has 0 saturated carbocycles. The summed E-state index contributed by atoms with van der Waals surface area (Å²) in [7, 11) is 0. The molecular formula is C20H15N2O5+. The van der Waals surface area contributed by atoms with E-state index in [9.17, 15) is 14.9 Å². The van der Waals surface area contributed by atoms with Crippen molar-refractivity contribution in [2.75, 3.05) is 5.32 Å². The summed E-state index contributed by atoms with van der Waals surface area (Å²) in [6.07, 6.45) is 0. The van der Waals surface area contributed by atoms with Gasteiger partial charge in [-0.1, -0.05) is 42.5 Å². The number of nitrogens with zero attached hydrogens (tertiary/aromatic N) is 1. The molecule has 1 aliphatic rings. The summed E-state index contributed by atoms with van der Waals surface area (Å²) < 4.78 is 11.6. The topological polar surface area (TPSA) is 87.9 Å². The van der Waals surface area contributed by atoms with E-state index in [1.165, 1.54) is 12.1 Å². The Kier molecular flexibility index (Phi) is 4.18. The summed E-state index contributed by atoms with van der Waals surface area (Å²) >= 11 is 0. The summed E-state index contributed by atoms with van der Waals surface area (Å²) in [6, 6.07) is 18.9. The number of carbonyl (C=O) groups excluding carboxylic acids is 1. The van der Waals surface area contributed by atoms with E-state index in [-0.39, 0.29) is 34.3 Å². The lowest BCUT2D eigenvalue weighted by Gasteiger charge is -2.12. The number of amides is 1. The van der Waals surface area contributed by atoms with Crippen molar-refractivity contribution in [3.05, 3.63) is 82.8 Å². The smallest absolute Gasteiger partial charge is 0.324 e. The first-order valence-electron chi connectivity index (χ1n) is 8.21. The molecule has 0 fully saturated rings. The fourth-order valence-electron chi connectivity index (χ4n) is 2.80. The van der Waals surface area contributed by atoms with Crippen LogP contribution in [0.25, 0.3) is 0 Å². The van der Waals surface area contributed by atoms with Gasteiger partial charge in [0.15, 0.2) is 11.5 Å². The number of ether oxygens (including phenoxy) is 2. The van der Waals surface area contributed by atoms with Crippen LogP contribution in [0, 0.1) is 4.91 Å². The zero-order valence-corrected chi connectivity index (χ0v) is 14.1. The molecule has 3 aromatic carbocycles. The van der Waals surface area contributed by atoms with E-state index in [1.54, 1.807) is 24.3 Å². The molecule has 0 saturated heterocycles. The number of hydrogen-bond acceptors (Lipinski definition) is 4. The number of carbonyl (C=O) groups is 1. The third-order valence-corrected chi connectivity index (χ3v) is 4.09. The van der Waals surface area contributed by atoms with Crippen molar-refractivity contribution in [1.82, 2.24) is 0 Å². The highest BCUT2D eigenvalue weighted by Gasteiger charge is 2.29. The molecule has 7 heteroatoms. The van der Waals surface area contributed by atoms with Gasteiger partial charge in [-0.05, 0) is 17.7 Å². The second-order valence-corrected chi connectivity index (χ2v) is 5.92. The highest BCUT2D eigenvalue weighted by molar-refractivity contribution is 6.10. The Labute approximate surface area is 154 Å². The second kappa shape index (κ2) is 6.80. The number of benzene rings is 3. The fourth-order valence-corrected chi connectivity index (χ4v) is 2.80. The van der Waals surface area contributed by atoms with Crippen molar-refractivity contribution in [1.29, 1.82) is 0 Å². The fraction of sp³-hybridized carbons (Fsp3) is 0.0500. The van der Waals surface area contributed by atoms with E-state index in [2.05, 4.69) is 5.32 Å². The maximum atomic E-state index is 12.8. The van der Waals surface area contributed by atoms with Crippen LogP contribution in [0.3, 0.4) is 0 Å². The van der Waals surface area contributed by atoms with E-state index in [4.69, 9.17) is 9.47 Å². The molecule has 7 nitrogen and oxygen atoms in total. The Morgan fingerprint density at radius 3 is 2.52 bits per heavy atom. The van der Waals surface area contributed by atoms with Gasteiger partial charge in [0.05, 0.1) is 22.7 Å². The van der Waals surface area contributed by atoms with Crippen molar-refractivity contribution in [3.63, 3.8) is 0 Å². The Bertz CT molecular complexity index is 1030. The predicted octanol–water partition coefficient (Wildman–Crippen LogP) is 4.42. The molecule has 0 aliphatic carbocycles. The van der Waals surface area contributed by atoms with Gasteiger partial charge in [0.1, 0.15) is 17.9 Å². The van der Waals surface area contributed by atoms with Crippen molar-refractivity contribution in [2.24, 2.45) is 0 Å². The second-order valence-electron chi connectivity index (χ2n) is 5.92. The Morgan fingerprint density at radius 1 is 1.00 bits per heavy atom. The maximum absolute atomic E-state index is 12.8. The third kappa shape index (κ3) is 3.30. The van der Waals surface area contributed by atoms with Gasteiger partial charge in [-0.2, -0.15) is 0 Å². The molecule has 0 atom stereocenters. The monoisotopic (exact) mass is 363 g/mol. The lowest BCUT2D eigenvalue weighted by atomic mass is 10.1. The van der Waals surface area contributed by atoms with Gasteiger partial charge in [-0.3, -0.25) is 4.79 Å². The molecule has 1 heterocycles. The molecule has 0 spiro atoms. The van der Waals surface area contributed by atoms with E-state index in [0.29, 0.717) is 11.4 Å². The molecule has 3 aromatic rings. The predicted molar refractivity (Wildman–Crippen MR) is 96.8 cm³/mol. The molecule has 27 heavy (non-hydrogen) atoms. The zero-order valence-electron chi connectivity index (χ0n) is 14.1. The average Bonchev–Trinajstić information content (AvgIpc) is 2.82. The van der Waals surface area contributed by atoms with Gasteiger partial charge in [0, 0.05) is 0 Å². The Hall–Kier alpha value is -3.87. The maximum Gasteiger partial charge on any atom is 0.324 e. The SMILES string of the molecule is O=C1Nc2ccccc2Oc2cc([N+](=O)O)cc(OCc3ccccc3)c21. The van der Waals surface area contributed by atoms with E-state index >= 15 is 0 Å². The van der Waals surface area contributed by atoms with Crippen LogP contribution in [0.4, 0.5) is 11.4 Å². The first-order chi connectivity index (χ1) is 13.1. The van der Waals surface area contributed by atoms with Crippen LogP contribution in [0.2, 0.25) is 0 Å². The highest BCUT2D eigenvalue weighted by atomic mass is 16.6. The lowest BCUT2D eigenvalue weighted by molar-refractivity contribution is -0.729. The Morgan fingerprint density at radius 2 is 1.74 bits per heavy atom. The highest BCUT2D eigenvalue weighted by Crippen LogP contribution is 2.41. The van der Waals surface area contributed by atoms with Gasteiger partial charge in [0.25, 0.3) is 10.8 Å². The molecule has 1 aliphatic heterocycles. The molecule has 134 valence electrons. The minimum atomic E-state index is -0.431. The van der Waals surface area contributed by atoms with E-state index in [1.807, 2.05) is 30.3 Å². The molecule has 0 radical (unpaired) electrons. The van der Waals surface area contributed by atoms with Crippen LogP contribution in [-0.2, 0) is 6.61 Å². The molecule has 2 N–H and O–H groups in total. The number of para-hydroxylation sites is 2. The number of rotatable bonds is 4. The standard InChI is InChI=1S/C20H14N2O5/c23-20-19-17(26-12-13-6-2-1-3-7-13)10-14(22(24)25)11-18(19)27-16-9-5-4-8-15(16)21-20/h1-11H,12H2,(H-,21,23,24,25)/p+1. The van der Waals surface area contributed by atoms with Crippen molar-refractivity contribution < 1.29 is 24.4 Å². The van der Waals surface area contributed by atoms with E-state index in [0.717, 1.165) is 5.56 Å². The van der Waals surface area contributed by atoms with Crippen molar-refractivity contribution >= 4 is 17.3 Å². The zero-order chi connectivity index (χ0) is 18.8. The van der Waals surface area contributed by atoms with Gasteiger partial charge in [-0.15, -0.1) is 0 Å². The van der Waals surface area contributed by atoms with Crippen LogP contribution in [0.15, 0.2) is 66.7 Å². The van der Waals surface area contributed by atoms with Crippen LogP contribution >= 0.6 is 0 Å². The average molecular weight is 363 g/mol. The molecule has 0 aromatic heterocycles. The molecule has 0 bridgehead atoms. The van der Waals surface area contributed by atoms with Gasteiger partial charge < -0.3 is 14.8 Å². The van der Waals surface area contributed by atoms with Crippen molar-refractivity contribution in [2.45, 2.75) is 6.61 Å². The number of nitrogens with one attached hydrogen (secondary N) is 1. The summed E-state index contributed by atoms with van der Waals surface area (Å²) in [5.74, 6) is 0.241. The quantitative estimate of drug-likeness (QED) is 0.670. The molecule has 0 unspecified atom stereocenters. The number of anilines is 1. The van der Waals surface area contributed by atoms with Crippen LogP contribution in [0.5, 0.6) is 17.2 Å². The molecular weight excluding hydrogens is 348 g/mol. The van der Waals surface area contributed by atoms with Gasteiger partial charge >= 0.3 is 5.69 Å². The molecule has 1 amide bonds.